The van der Waals surface area contributed by atoms with Crippen LogP contribution in [0.5, 0.6) is 0 Å². The topological polar surface area (TPSA) is 36.4 Å². The van der Waals surface area contributed by atoms with E-state index in [0.717, 1.165) is 6.42 Å². The molecule has 1 aliphatic rings. The van der Waals surface area contributed by atoms with Crippen molar-refractivity contribution in [2.24, 2.45) is 0 Å². The molecule has 0 aromatic carbocycles. The van der Waals surface area contributed by atoms with Crippen LogP contribution >= 0.6 is 0 Å². The molecule has 0 aromatic rings. The average Bonchev–Trinajstić information content (AvgIpc) is 2.00. The average molecular weight is 343 g/mol. The van der Waals surface area contributed by atoms with E-state index < -0.39 is 19.5 Å². The van der Waals surface area contributed by atoms with Gasteiger partial charge in [0.2, 0.25) is 0 Å². The standard InChI is InChI=1S/C6H6N2.6FH.Sb/c7-8-6-4-2-1-3-5-6;;;;;;;/h1-4H,5H2;6*1H;/q;;;;;;;+5/p-5. The number of allylic oxidation sites excluding steroid dienone is 4. The third kappa shape index (κ3) is 19.6. The van der Waals surface area contributed by atoms with Gasteiger partial charge in [-0.15, -0.1) is 0 Å². The van der Waals surface area contributed by atoms with Crippen molar-refractivity contribution in [2.45, 2.75) is 6.42 Å². The molecule has 0 saturated heterocycles. The molecule has 0 aromatic heterocycles. The third-order valence-corrected chi connectivity index (χ3v) is 0.991. The molecular weight excluding hydrogens is 336 g/mol. The molecule has 88 valence electrons. The molecule has 0 radical (unpaired) electrons. The van der Waals surface area contributed by atoms with Gasteiger partial charge in [0, 0.05) is 6.08 Å². The summed E-state index contributed by atoms with van der Waals surface area (Å²) in [6, 6.07) is 0. The number of nitrogens with zero attached hydrogens (tertiary/aromatic N) is 2. The molecule has 0 bridgehead atoms. The van der Waals surface area contributed by atoms with Crippen LogP contribution in [0.15, 0.2) is 24.3 Å². The van der Waals surface area contributed by atoms with Crippen LogP contribution in [0.4, 0.5) is 16.9 Å². The Bertz CT molecular complexity index is 338. The van der Waals surface area contributed by atoms with Crippen molar-refractivity contribution in [3.05, 3.63) is 29.8 Å². The van der Waals surface area contributed by atoms with Gasteiger partial charge in [0.25, 0.3) is 5.71 Å². The van der Waals surface area contributed by atoms with E-state index in [1.807, 2.05) is 18.2 Å². The number of rotatable bonds is 0. The minimum Gasteiger partial charge on any atom is -0.361 e. The molecule has 0 N–H and O–H groups in total. The predicted molar refractivity (Wildman–Crippen MR) is 45.0 cm³/mol. The van der Waals surface area contributed by atoms with E-state index in [2.05, 4.69) is 4.79 Å². The second kappa shape index (κ2) is 3.68. The molecule has 2 nitrogen and oxygen atoms in total. The Hall–Kier alpha value is -0.742. The molecule has 0 unspecified atom stereocenters. The van der Waals surface area contributed by atoms with E-state index in [1.54, 1.807) is 6.08 Å². The summed E-state index contributed by atoms with van der Waals surface area (Å²) in [7, 11) is 0. The Labute approximate surface area is 84.9 Å². The van der Waals surface area contributed by atoms with Crippen molar-refractivity contribution in [1.29, 1.82) is 0 Å². The predicted octanol–water partition coefficient (Wildman–Crippen LogP) is 3.43. The minimum atomic E-state index is -11.2. The molecule has 0 spiro atoms. The molecule has 1 aliphatic carbocycles. The fraction of sp³-hybridized carbons (Fsp3) is 0.167. The van der Waals surface area contributed by atoms with Gasteiger partial charge in [-0.2, -0.15) is 4.79 Å². The Morgan fingerprint density at radius 3 is 1.80 bits per heavy atom. The van der Waals surface area contributed by atoms with Gasteiger partial charge in [0.15, 0.2) is 0 Å². The van der Waals surface area contributed by atoms with E-state index in [4.69, 9.17) is 5.53 Å². The first-order chi connectivity index (χ1) is 6.38. The van der Waals surface area contributed by atoms with Crippen molar-refractivity contribution in [3.63, 3.8) is 0 Å². The molecule has 0 aliphatic heterocycles. The second-order valence-corrected chi connectivity index (χ2v) is 8.01. The Balaban J connectivity index is 0. The largest absolute Gasteiger partial charge is 1.00 e. The number of hydrogen-bond donors (Lipinski definition) is 0. The molecule has 0 amide bonds. The van der Waals surface area contributed by atoms with Crippen LogP contribution in [0.25, 0.3) is 5.53 Å². The molecule has 0 heterocycles. The van der Waals surface area contributed by atoms with Crippen molar-refractivity contribution < 1.29 is 23.1 Å². The minimum absolute atomic E-state index is 0. The van der Waals surface area contributed by atoms with Gasteiger partial charge in [0.1, 0.15) is 0 Å². The maximum absolute atomic E-state index is 11.2. The summed E-state index contributed by atoms with van der Waals surface area (Å²) in [6.45, 7) is 0. The van der Waals surface area contributed by atoms with Gasteiger partial charge >= 0.3 is 37.8 Å². The Morgan fingerprint density at radius 1 is 1.13 bits per heavy atom. The summed E-state index contributed by atoms with van der Waals surface area (Å²) in [6.07, 6.45) is 8.23. The molecule has 0 atom stereocenters. The van der Waals surface area contributed by atoms with Crippen LogP contribution in [0.2, 0.25) is 0 Å². The molecule has 0 fully saturated rings. The van der Waals surface area contributed by atoms with E-state index in [-0.39, 0.29) is 1.43 Å². The van der Waals surface area contributed by atoms with E-state index in [0.29, 0.717) is 5.71 Å². The number of hydrogen-bond acceptors (Lipinski definition) is 0. The van der Waals surface area contributed by atoms with E-state index in [9.17, 15) is 16.9 Å². The van der Waals surface area contributed by atoms with Crippen molar-refractivity contribution in [2.75, 3.05) is 0 Å². The zero-order chi connectivity index (χ0) is 12.2. The first kappa shape index (κ1) is 14.3. The normalized spacial score (nSPS) is 19.5. The van der Waals surface area contributed by atoms with Crippen molar-refractivity contribution in [3.8, 4) is 0 Å². The molecule has 0 saturated carbocycles. The zero-order valence-corrected chi connectivity index (χ0v) is 9.68. The van der Waals surface area contributed by atoms with Crippen LogP contribution in [0, 0.1) is 0 Å². The quantitative estimate of drug-likeness (QED) is 0.280. The van der Waals surface area contributed by atoms with Gasteiger partial charge in [-0.1, -0.05) is 18.2 Å². The van der Waals surface area contributed by atoms with Gasteiger partial charge in [-0.25, -0.2) is 0 Å². The zero-order valence-electron chi connectivity index (χ0n) is 8.13. The fourth-order valence-electron chi connectivity index (χ4n) is 0.576. The summed E-state index contributed by atoms with van der Waals surface area (Å²) in [5.74, 6) is 0. The first-order valence-electron chi connectivity index (χ1n) is 3.49. The Kier molecular flexibility index (Phi) is 3.50. The summed E-state index contributed by atoms with van der Waals surface area (Å²) >= 11 is -11.2. The maximum atomic E-state index is 9.93. The van der Waals surface area contributed by atoms with Crippen molar-refractivity contribution in [1.82, 2.24) is 0 Å². The summed E-state index contributed by atoms with van der Waals surface area (Å²) in [5, 5.41) is 0. The van der Waals surface area contributed by atoms with Crippen LogP contribution in [0.1, 0.15) is 7.85 Å². The molecule has 9 heteroatoms. The van der Waals surface area contributed by atoms with Gasteiger partial charge in [-0.3, -0.25) is 0 Å². The fourth-order valence-corrected chi connectivity index (χ4v) is 0.576. The first-order valence-corrected chi connectivity index (χ1v) is 9.28. The SMILES string of the molecule is [F][Sb-]([F])([F])([F])([F])[F].[H+].[N-]=[N+]=C1C=CC=CC1. The molecule has 15 heavy (non-hydrogen) atoms. The van der Waals surface area contributed by atoms with Crippen LogP contribution in [0.3, 0.4) is 0 Å². The Morgan fingerprint density at radius 2 is 1.60 bits per heavy atom. The number of halogens is 6. The van der Waals surface area contributed by atoms with Crippen molar-refractivity contribution >= 4 is 25.2 Å². The van der Waals surface area contributed by atoms with E-state index in [1.165, 1.54) is 0 Å². The van der Waals surface area contributed by atoms with Gasteiger partial charge in [-0.05, 0) is 0 Å². The second-order valence-electron chi connectivity index (χ2n) is 2.54. The van der Waals surface area contributed by atoms with Crippen LogP contribution in [-0.2, 0) is 0 Å². The third-order valence-electron chi connectivity index (χ3n) is 0.991. The smallest absolute Gasteiger partial charge is 0.361 e. The molecule has 1 rings (SSSR count). The summed E-state index contributed by atoms with van der Waals surface area (Å²) < 4.78 is 59.6. The summed E-state index contributed by atoms with van der Waals surface area (Å²) in [5.41, 5.74) is 8.91. The maximum Gasteiger partial charge on any atom is 1.00 e. The van der Waals surface area contributed by atoms with Crippen LogP contribution in [-0.4, -0.2) is 30.0 Å². The monoisotopic (exact) mass is 342 g/mol. The van der Waals surface area contributed by atoms with Gasteiger partial charge in [0.05, 0.1) is 6.42 Å². The molecular formula is C6H7F6N2Sb. The van der Waals surface area contributed by atoms with Crippen LogP contribution < -0.4 is 0 Å². The summed E-state index contributed by atoms with van der Waals surface area (Å²) in [4.78, 5) is 3.03. The van der Waals surface area contributed by atoms with Gasteiger partial charge < -0.3 is 5.53 Å². The van der Waals surface area contributed by atoms with E-state index >= 15 is 0 Å².